The average molecular weight is 386 g/mol. The third kappa shape index (κ3) is 5.71. The standard InChI is InChI=1S/C20H25F3O4/c1-12(2)14-9-8-13(3)10-17(14)27-18(24)11-26-19(25)15-6-4-5-7-16(15)20(21,22)23/h4-7,12-14,17H,8-11H2,1-3H3. The molecule has 0 spiro atoms. The second kappa shape index (κ2) is 8.76. The first-order chi connectivity index (χ1) is 12.6. The minimum absolute atomic E-state index is 0.229. The predicted molar refractivity (Wildman–Crippen MR) is 92.9 cm³/mol. The first-order valence-electron chi connectivity index (χ1n) is 9.12. The lowest BCUT2D eigenvalue weighted by Gasteiger charge is -2.36. The summed E-state index contributed by atoms with van der Waals surface area (Å²) in [6.07, 6.45) is -2.18. The Hall–Kier alpha value is -2.05. The number of hydrogen-bond donors (Lipinski definition) is 0. The van der Waals surface area contributed by atoms with Crippen molar-refractivity contribution in [3.05, 3.63) is 35.4 Å². The Bertz CT molecular complexity index is 669. The Morgan fingerprint density at radius 2 is 1.85 bits per heavy atom. The van der Waals surface area contributed by atoms with Crippen LogP contribution in [0.25, 0.3) is 0 Å². The molecule has 0 N–H and O–H groups in total. The summed E-state index contributed by atoms with van der Waals surface area (Å²) < 4.78 is 49.2. The fourth-order valence-corrected chi connectivity index (χ4v) is 3.56. The maximum absolute atomic E-state index is 13.0. The molecule has 3 atom stereocenters. The molecule has 1 aliphatic carbocycles. The van der Waals surface area contributed by atoms with E-state index in [2.05, 4.69) is 20.8 Å². The van der Waals surface area contributed by atoms with Gasteiger partial charge in [0.1, 0.15) is 6.10 Å². The zero-order valence-corrected chi connectivity index (χ0v) is 15.7. The number of ether oxygens (including phenoxy) is 2. The van der Waals surface area contributed by atoms with E-state index in [4.69, 9.17) is 9.47 Å². The highest BCUT2D eigenvalue weighted by atomic mass is 19.4. The summed E-state index contributed by atoms with van der Waals surface area (Å²) in [7, 11) is 0. The molecule has 27 heavy (non-hydrogen) atoms. The zero-order chi connectivity index (χ0) is 20.2. The van der Waals surface area contributed by atoms with Crippen LogP contribution in [0.15, 0.2) is 24.3 Å². The Kier molecular flexibility index (Phi) is 6.89. The number of rotatable bonds is 5. The highest BCUT2D eigenvalue weighted by Gasteiger charge is 2.36. The number of benzene rings is 1. The fraction of sp³-hybridized carbons (Fsp3) is 0.600. The number of carbonyl (C=O) groups excluding carboxylic acids is 2. The minimum atomic E-state index is -4.68. The van der Waals surface area contributed by atoms with Gasteiger partial charge in [0.2, 0.25) is 0 Å². The van der Waals surface area contributed by atoms with Crippen LogP contribution in [0.2, 0.25) is 0 Å². The Morgan fingerprint density at radius 3 is 2.48 bits per heavy atom. The van der Waals surface area contributed by atoms with Crippen molar-refractivity contribution < 1.29 is 32.2 Å². The second-order valence-corrected chi connectivity index (χ2v) is 7.47. The van der Waals surface area contributed by atoms with Crippen LogP contribution in [0.5, 0.6) is 0 Å². The van der Waals surface area contributed by atoms with Crippen molar-refractivity contribution in [2.75, 3.05) is 6.61 Å². The molecule has 2 rings (SSSR count). The van der Waals surface area contributed by atoms with Crippen molar-refractivity contribution in [3.63, 3.8) is 0 Å². The molecule has 0 aromatic heterocycles. The molecule has 4 nitrogen and oxygen atoms in total. The van der Waals surface area contributed by atoms with Gasteiger partial charge in [0.25, 0.3) is 0 Å². The molecular formula is C20H25F3O4. The maximum Gasteiger partial charge on any atom is 0.417 e. The third-order valence-corrected chi connectivity index (χ3v) is 5.02. The van der Waals surface area contributed by atoms with E-state index >= 15 is 0 Å². The lowest BCUT2D eigenvalue weighted by Crippen LogP contribution is -2.36. The van der Waals surface area contributed by atoms with Gasteiger partial charge in [-0.1, -0.05) is 39.3 Å². The van der Waals surface area contributed by atoms with Crippen LogP contribution in [-0.2, 0) is 20.4 Å². The number of halogens is 3. The zero-order valence-electron chi connectivity index (χ0n) is 15.7. The molecule has 1 fully saturated rings. The van der Waals surface area contributed by atoms with Gasteiger partial charge in [0.05, 0.1) is 11.1 Å². The van der Waals surface area contributed by atoms with Crippen LogP contribution < -0.4 is 0 Å². The van der Waals surface area contributed by atoms with E-state index in [1.165, 1.54) is 12.1 Å². The summed E-state index contributed by atoms with van der Waals surface area (Å²) in [6, 6.07) is 4.31. The minimum Gasteiger partial charge on any atom is -0.460 e. The van der Waals surface area contributed by atoms with E-state index < -0.39 is 35.8 Å². The Balaban J connectivity index is 1.96. The summed E-state index contributed by atoms with van der Waals surface area (Å²) in [6.45, 7) is 5.51. The summed E-state index contributed by atoms with van der Waals surface area (Å²) in [4.78, 5) is 24.1. The van der Waals surface area contributed by atoms with Crippen molar-refractivity contribution in [2.45, 2.75) is 52.3 Å². The molecule has 3 unspecified atom stereocenters. The molecule has 1 saturated carbocycles. The van der Waals surface area contributed by atoms with Gasteiger partial charge in [0.15, 0.2) is 6.61 Å². The van der Waals surface area contributed by atoms with Gasteiger partial charge in [-0.25, -0.2) is 9.59 Å². The summed E-state index contributed by atoms with van der Waals surface area (Å²) >= 11 is 0. The van der Waals surface area contributed by atoms with E-state index in [9.17, 15) is 22.8 Å². The largest absolute Gasteiger partial charge is 0.460 e. The van der Waals surface area contributed by atoms with E-state index in [-0.39, 0.29) is 12.0 Å². The van der Waals surface area contributed by atoms with E-state index in [1.54, 1.807) is 0 Å². The van der Waals surface area contributed by atoms with Crippen molar-refractivity contribution >= 4 is 11.9 Å². The molecule has 1 aromatic carbocycles. The van der Waals surface area contributed by atoms with Gasteiger partial charge < -0.3 is 9.47 Å². The molecule has 0 amide bonds. The van der Waals surface area contributed by atoms with Crippen LogP contribution in [0.1, 0.15) is 56.0 Å². The lowest BCUT2D eigenvalue weighted by molar-refractivity contribution is -0.159. The monoisotopic (exact) mass is 386 g/mol. The SMILES string of the molecule is CC1CCC(C(C)C)C(OC(=O)COC(=O)c2ccccc2C(F)(F)F)C1. The van der Waals surface area contributed by atoms with Gasteiger partial charge in [-0.05, 0) is 42.7 Å². The summed E-state index contributed by atoms with van der Waals surface area (Å²) in [5.41, 5.74) is -1.71. The van der Waals surface area contributed by atoms with Crippen LogP contribution in [0, 0.1) is 17.8 Å². The van der Waals surface area contributed by atoms with E-state index in [0.717, 1.165) is 31.4 Å². The highest BCUT2D eigenvalue weighted by Crippen LogP contribution is 2.35. The van der Waals surface area contributed by atoms with Crippen LogP contribution >= 0.6 is 0 Å². The van der Waals surface area contributed by atoms with Crippen LogP contribution in [-0.4, -0.2) is 24.6 Å². The van der Waals surface area contributed by atoms with Crippen molar-refractivity contribution in [3.8, 4) is 0 Å². The van der Waals surface area contributed by atoms with E-state index in [0.29, 0.717) is 11.8 Å². The van der Waals surface area contributed by atoms with Gasteiger partial charge >= 0.3 is 18.1 Å². The van der Waals surface area contributed by atoms with E-state index in [1.807, 2.05) is 0 Å². The smallest absolute Gasteiger partial charge is 0.417 e. The molecule has 0 radical (unpaired) electrons. The molecule has 0 saturated heterocycles. The summed E-state index contributed by atoms with van der Waals surface area (Å²) in [5.74, 6) is -0.933. The Morgan fingerprint density at radius 1 is 1.19 bits per heavy atom. The molecule has 0 aliphatic heterocycles. The van der Waals surface area contributed by atoms with Crippen LogP contribution in [0.3, 0.4) is 0 Å². The van der Waals surface area contributed by atoms with Gasteiger partial charge in [-0.15, -0.1) is 0 Å². The average Bonchev–Trinajstić information content (AvgIpc) is 2.58. The van der Waals surface area contributed by atoms with Crippen molar-refractivity contribution in [2.24, 2.45) is 17.8 Å². The molecule has 0 heterocycles. The van der Waals surface area contributed by atoms with Crippen molar-refractivity contribution in [1.82, 2.24) is 0 Å². The molecule has 7 heteroatoms. The third-order valence-electron chi connectivity index (χ3n) is 5.02. The molecule has 150 valence electrons. The molecule has 0 bridgehead atoms. The summed E-state index contributed by atoms with van der Waals surface area (Å²) in [5, 5.41) is 0. The molecule has 1 aliphatic rings. The first kappa shape index (κ1) is 21.3. The van der Waals surface area contributed by atoms with Gasteiger partial charge in [-0.3, -0.25) is 0 Å². The number of carbonyl (C=O) groups is 2. The number of esters is 2. The van der Waals surface area contributed by atoms with Gasteiger partial charge in [0, 0.05) is 0 Å². The second-order valence-electron chi connectivity index (χ2n) is 7.47. The first-order valence-corrected chi connectivity index (χ1v) is 9.12. The quantitative estimate of drug-likeness (QED) is 0.678. The number of alkyl halides is 3. The van der Waals surface area contributed by atoms with Gasteiger partial charge in [-0.2, -0.15) is 13.2 Å². The van der Waals surface area contributed by atoms with Crippen molar-refractivity contribution in [1.29, 1.82) is 0 Å². The molecule has 1 aromatic rings. The Labute approximate surface area is 157 Å². The fourth-order valence-electron chi connectivity index (χ4n) is 3.56. The van der Waals surface area contributed by atoms with Crippen LogP contribution in [0.4, 0.5) is 13.2 Å². The normalized spacial score (nSPS) is 23.1. The molecular weight excluding hydrogens is 361 g/mol. The number of hydrogen-bond acceptors (Lipinski definition) is 4. The lowest BCUT2D eigenvalue weighted by atomic mass is 9.75. The predicted octanol–water partition coefficient (Wildman–Crippen LogP) is 4.87. The maximum atomic E-state index is 13.0. The highest BCUT2D eigenvalue weighted by molar-refractivity contribution is 5.92. The topological polar surface area (TPSA) is 52.6 Å².